The fourth-order valence-corrected chi connectivity index (χ4v) is 9.12. The highest BCUT2D eigenvalue weighted by atomic mass is 28.4. The van der Waals surface area contributed by atoms with Gasteiger partial charge in [0.2, 0.25) is 0 Å². The van der Waals surface area contributed by atoms with Crippen LogP contribution in [0.2, 0.25) is 26.2 Å². The van der Waals surface area contributed by atoms with Crippen molar-refractivity contribution < 1.29 is 8.85 Å². The van der Waals surface area contributed by atoms with Crippen molar-refractivity contribution >= 4 is 27.0 Å². The molecule has 0 saturated heterocycles. The van der Waals surface area contributed by atoms with Crippen LogP contribution in [0.1, 0.15) is 11.1 Å². The first-order valence-electron chi connectivity index (χ1n) is 7.80. The van der Waals surface area contributed by atoms with Crippen LogP contribution < -0.4 is 19.2 Å². The largest absolute Gasteiger partial charge is 0.537 e. The Morgan fingerprint density at radius 1 is 0.682 bits per heavy atom. The second kappa shape index (κ2) is 5.00. The normalized spacial score (nSPS) is 18.1. The quantitative estimate of drug-likeness (QED) is 0.688. The van der Waals surface area contributed by atoms with Gasteiger partial charge in [0.15, 0.2) is 0 Å². The predicted molar refractivity (Wildman–Crippen MR) is 97.8 cm³/mol. The highest BCUT2D eigenvalue weighted by molar-refractivity contribution is 6.95. The van der Waals surface area contributed by atoms with E-state index in [-0.39, 0.29) is 0 Å². The predicted octanol–water partition coefficient (Wildman–Crippen LogP) is 3.60. The summed E-state index contributed by atoms with van der Waals surface area (Å²) >= 11 is 0. The second-order valence-corrected chi connectivity index (χ2v) is 14.7. The van der Waals surface area contributed by atoms with Crippen molar-refractivity contribution in [3.63, 3.8) is 0 Å². The SMILES string of the molecule is Cc1cc2c(cc1C)[Si](C)(C)Oc1ccccc1O[Si]2(C)C. The Balaban J connectivity index is 2.28. The minimum Gasteiger partial charge on any atom is -0.537 e. The lowest BCUT2D eigenvalue weighted by Gasteiger charge is -2.37. The molecule has 0 spiro atoms. The average Bonchev–Trinajstić information content (AvgIpc) is 2.42. The Morgan fingerprint density at radius 3 is 1.41 bits per heavy atom. The number of hydrogen-bond donors (Lipinski definition) is 0. The molecule has 0 unspecified atom stereocenters. The van der Waals surface area contributed by atoms with Crippen LogP contribution in [-0.2, 0) is 0 Å². The molecule has 2 nitrogen and oxygen atoms in total. The van der Waals surface area contributed by atoms with Crippen LogP contribution in [0.5, 0.6) is 11.5 Å². The van der Waals surface area contributed by atoms with Crippen molar-refractivity contribution in [2.24, 2.45) is 0 Å². The molecule has 1 heterocycles. The summed E-state index contributed by atoms with van der Waals surface area (Å²) in [4.78, 5) is 0. The summed E-state index contributed by atoms with van der Waals surface area (Å²) in [5.41, 5.74) is 2.67. The maximum absolute atomic E-state index is 6.48. The lowest BCUT2D eigenvalue weighted by molar-refractivity contribution is 0.491. The topological polar surface area (TPSA) is 18.5 Å². The van der Waals surface area contributed by atoms with Crippen LogP contribution in [0, 0.1) is 13.8 Å². The first-order chi connectivity index (χ1) is 10.2. The minimum atomic E-state index is -2.03. The molecule has 2 aromatic rings. The highest BCUT2D eigenvalue weighted by Gasteiger charge is 2.41. The van der Waals surface area contributed by atoms with E-state index < -0.39 is 16.6 Å². The van der Waals surface area contributed by atoms with Gasteiger partial charge in [0.05, 0.1) is 0 Å². The number of aryl methyl sites for hydroxylation is 2. The van der Waals surface area contributed by atoms with E-state index in [0.29, 0.717) is 0 Å². The van der Waals surface area contributed by atoms with Crippen molar-refractivity contribution in [3.05, 3.63) is 47.5 Å². The number of fused-ring (bicyclic) bond motifs is 2. The van der Waals surface area contributed by atoms with E-state index in [1.165, 1.54) is 21.5 Å². The molecule has 4 heteroatoms. The molecule has 0 bridgehead atoms. The fourth-order valence-electron chi connectivity index (χ4n) is 3.09. The van der Waals surface area contributed by atoms with Crippen LogP contribution in [-0.4, -0.2) is 16.6 Å². The van der Waals surface area contributed by atoms with Crippen LogP contribution in [0.25, 0.3) is 0 Å². The molecule has 0 fully saturated rings. The first kappa shape index (κ1) is 15.4. The third kappa shape index (κ3) is 2.50. The van der Waals surface area contributed by atoms with Gasteiger partial charge >= 0.3 is 0 Å². The van der Waals surface area contributed by atoms with Gasteiger partial charge in [-0.3, -0.25) is 0 Å². The van der Waals surface area contributed by atoms with E-state index in [0.717, 1.165) is 11.5 Å². The summed E-state index contributed by atoms with van der Waals surface area (Å²) in [5.74, 6) is 1.78. The summed E-state index contributed by atoms with van der Waals surface area (Å²) in [6.45, 7) is 13.5. The summed E-state index contributed by atoms with van der Waals surface area (Å²) in [6.07, 6.45) is 0. The van der Waals surface area contributed by atoms with Gasteiger partial charge in [0, 0.05) is 0 Å². The minimum absolute atomic E-state index is 0.892. The number of para-hydroxylation sites is 2. The molecule has 0 aliphatic carbocycles. The van der Waals surface area contributed by atoms with Crippen molar-refractivity contribution in [1.82, 2.24) is 0 Å². The third-order valence-corrected chi connectivity index (χ3v) is 9.64. The van der Waals surface area contributed by atoms with Crippen molar-refractivity contribution in [1.29, 1.82) is 0 Å². The number of benzene rings is 2. The van der Waals surface area contributed by atoms with Gasteiger partial charge in [0.25, 0.3) is 16.6 Å². The Labute approximate surface area is 135 Å². The van der Waals surface area contributed by atoms with E-state index in [1.54, 1.807) is 0 Å². The lowest BCUT2D eigenvalue weighted by atomic mass is 10.1. The van der Waals surface area contributed by atoms with Gasteiger partial charge in [-0.2, -0.15) is 0 Å². The van der Waals surface area contributed by atoms with E-state index in [4.69, 9.17) is 8.85 Å². The Hall–Kier alpha value is -1.53. The number of hydrogen-bond acceptors (Lipinski definition) is 2. The Morgan fingerprint density at radius 2 is 1.05 bits per heavy atom. The van der Waals surface area contributed by atoms with Crippen molar-refractivity contribution in [3.8, 4) is 11.5 Å². The fraction of sp³-hybridized carbons (Fsp3) is 0.333. The molecule has 116 valence electrons. The van der Waals surface area contributed by atoms with Crippen molar-refractivity contribution in [2.45, 2.75) is 40.0 Å². The summed E-state index contributed by atoms with van der Waals surface area (Å²) < 4.78 is 13.0. The molecule has 3 rings (SSSR count). The number of rotatable bonds is 0. The monoisotopic (exact) mass is 328 g/mol. The molecule has 0 radical (unpaired) electrons. The zero-order chi connectivity index (χ0) is 16.1. The molecule has 2 aromatic carbocycles. The molecule has 0 amide bonds. The van der Waals surface area contributed by atoms with E-state index in [1.807, 2.05) is 24.3 Å². The molecule has 0 atom stereocenters. The van der Waals surface area contributed by atoms with Gasteiger partial charge in [-0.25, -0.2) is 0 Å². The molecule has 0 aromatic heterocycles. The van der Waals surface area contributed by atoms with E-state index >= 15 is 0 Å². The summed E-state index contributed by atoms with van der Waals surface area (Å²) in [7, 11) is -4.07. The molecular formula is C18H24O2Si2. The highest BCUT2D eigenvalue weighted by Crippen LogP contribution is 2.32. The Bertz CT molecular complexity index is 674. The summed E-state index contributed by atoms with van der Waals surface area (Å²) in [5, 5.41) is 2.78. The first-order valence-corrected chi connectivity index (χ1v) is 13.6. The van der Waals surface area contributed by atoms with Gasteiger partial charge in [0.1, 0.15) is 11.5 Å². The summed E-state index contributed by atoms with van der Waals surface area (Å²) in [6, 6.07) is 12.8. The molecule has 1 aliphatic rings. The second-order valence-electron chi connectivity index (χ2n) is 7.15. The molecule has 1 aliphatic heterocycles. The average molecular weight is 329 g/mol. The van der Waals surface area contributed by atoms with Crippen LogP contribution in [0.15, 0.2) is 36.4 Å². The zero-order valence-electron chi connectivity index (χ0n) is 14.3. The van der Waals surface area contributed by atoms with Gasteiger partial charge in [-0.15, -0.1) is 0 Å². The standard InChI is InChI=1S/C18H24O2Si2/c1-13-11-17-18(12-14(13)2)22(5,6)20-16-10-8-7-9-15(16)19-21(17,3)4/h7-12H,1-6H3. The van der Waals surface area contributed by atoms with Gasteiger partial charge in [-0.1, -0.05) is 24.3 Å². The van der Waals surface area contributed by atoms with Crippen molar-refractivity contribution in [2.75, 3.05) is 0 Å². The maximum atomic E-state index is 6.48. The maximum Gasteiger partial charge on any atom is 0.277 e. The van der Waals surface area contributed by atoms with Crippen LogP contribution >= 0.6 is 0 Å². The smallest absolute Gasteiger partial charge is 0.277 e. The van der Waals surface area contributed by atoms with E-state index in [2.05, 4.69) is 52.2 Å². The Kier molecular flexibility index (Phi) is 3.49. The third-order valence-electron chi connectivity index (χ3n) is 4.51. The molecule has 0 N–H and O–H groups in total. The molecule has 22 heavy (non-hydrogen) atoms. The molecule has 0 saturated carbocycles. The van der Waals surface area contributed by atoms with Gasteiger partial charge in [-0.05, 0) is 73.7 Å². The van der Waals surface area contributed by atoms with E-state index in [9.17, 15) is 0 Å². The van der Waals surface area contributed by atoms with Crippen LogP contribution in [0.4, 0.5) is 0 Å². The lowest BCUT2D eigenvalue weighted by Crippen LogP contribution is -2.64. The van der Waals surface area contributed by atoms with Crippen LogP contribution in [0.3, 0.4) is 0 Å². The zero-order valence-corrected chi connectivity index (χ0v) is 16.3. The molecular weight excluding hydrogens is 304 g/mol. The van der Waals surface area contributed by atoms with Gasteiger partial charge < -0.3 is 8.85 Å².